The normalized spacial score (nSPS) is 17.0. The number of likely N-dealkylation sites (tertiary alicyclic amines) is 1. The van der Waals surface area contributed by atoms with Gasteiger partial charge in [-0.05, 0) is 38.4 Å². The predicted octanol–water partition coefficient (Wildman–Crippen LogP) is 3.91. The van der Waals surface area contributed by atoms with Crippen molar-refractivity contribution in [2.45, 2.75) is 38.8 Å². The van der Waals surface area contributed by atoms with E-state index in [0.717, 1.165) is 59.7 Å². The van der Waals surface area contributed by atoms with E-state index in [4.69, 9.17) is 9.72 Å². The zero-order valence-electron chi connectivity index (χ0n) is 16.8. The van der Waals surface area contributed by atoms with Crippen LogP contribution in [0.25, 0.3) is 0 Å². The van der Waals surface area contributed by atoms with Gasteiger partial charge in [-0.15, -0.1) is 11.3 Å². The summed E-state index contributed by atoms with van der Waals surface area (Å²) in [6.07, 6.45) is 6.89. The van der Waals surface area contributed by atoms with Gasteiger partial charge in [0, 0.05) is 43.4 Å². The van der Waals surface area contributed by atoms with E-state index < -0.39 is 0 Å². The van der Waals surface area contributed by atoms with Crippen molar-refractivity contribution in [1.82, 2.24) is 24.8 Å². The van der Waals surface area contributed by atoms with Gasteiger partial charge in [-0.3, -0.25) is 4.90 Å². The van der Waals surface area contributed by atoms with Gasteiger partial charge in [0.1, 0.15) is 11.6 Å². The maximum atomic E-state index is 5.09. The van der Waals surface area contributed by atoms with Crippen molar-refractivity contribution in [3.63, 3.8) is 0 Å². The summed E-state index contributed by atoms with van der Waals surface area (Å²) < 4.78 is 5.09. The smallest absolute Gasteiger partial charge is 0.188 e. The Morgan fingerprint density at radius 3 is 2.86 bits per heavy atom. The summed E-state index contributed by atoms with van der Waals surface area (Å²) in [5.74, 6) is 1.67. The van der Waals surface area contributed by atoms with Crippen LogP contribution in [-0.2, 0) is 17.7 Å². The Labute approximate surface area is 175 Å². The molecule has 0 radical (unpaired) electrons. The fourth-order valence-electron chi connectivity index (χ4n) is 3.60. The van der Waals surface area contributed by atoms with Crippen molar-refractivity contribution >= 4 is 22.3 Å². The lowest BCUT2D eigenvalue weighted by atomic mass is 10.1. The third kappa shape index (κ3) is 5.14. The minimum atomic E-state index is 0.308. The second-order valence-corrected chi connectivity index (χ2v) is 8.10. The fourth-order valence-corrected chi connectivity index (χ4v) is 4.29. The quantitative estimate of drug-likeness (QED) is 0.603. The van der Waals surface area contributed by atoms with E-state index in [-0.39, 0.29) is 0 Å². The molecular weight excluding hydrogens is 384 g/mol. The standard InChI is InChI=1S/C21H26N6OS/c1-15-14-29-21(24-15)26-20-7-3-5-17(25-20)18-6-4-9-27(18)13-16-11-22-19(23-12-16)8-10-28-2/h3,5,7,11-12,14,18H,4,6,8-10,13H2,1-2H3,(H,24,25,26). The highest BCUT2D eigenvalue weighted by Gasteiger charge is 2.27. The first-order valence-corrected chi connectivity index (χ1v) is 10.8. The zero-order chi connectivity index (χ0) is 20.1. The van der Waals surface area contributed by atoms with Crippen molar-refractivity contribution in [1.29, 1.82) is 0 Å². The number of methoxy groups -OCH3 is 1. The van der Waals surface area contributed by atoms with Crippen molar-refractivity contribution < 1.29 is 4.74 Å². The van der Waals surface area contributed by atoms with Gasteiger partial charge >= 0.3 is 0 Å². The van der Waals surface area contributed by atoms with Crippen LogP contribution < -0.4 is 5.32 Å². The molecule has 1 saturated heterocycles. The molecule has 0 aliphatic carbocycles. The van der Waals surface area contributed by atoms with Crippen molar-refractivity contribution in [2.75, 3.05) is 25.6 Å². The van der Waals surface area contributed by atoms with Crippen LogP contribution in [0.5, 0.6) is 0 Å². The van der Waals surface area contributed by atoms with Crippen LogP contribution in [0.1, 0.15) is 41.7 Å². The second kappa shape index (κ2) is 9.39. The third-order valence-electron chi connectivity index (χ3n) is 5.00. The van der Waals surface area contributed by atoms with Crippen LogP contribution in [-0.4, -0.2) is 45.1 Å². The van der Waals surface area contributed by atoms with Gasteiger partial charge in [0.25, 0.3) is 0 Å². The lowest BCUT2D eigenvalue weighted by molar-refractivity contribution is 0.200. The summed E-state index contributed by atoms with van der Waals surface area (Å²) in [5, 5.41) is 6.23. The largest absolute Gasteiger partial charge is 0.384 e. The Kier molecular flexibility index (Phi) is 6.43. The lowest BCUT2D eigenvalue weighted by Crippen LogP contribution is -2.24. The van der Waals surface area contributed by atoms with Crippen LogP contribution in [0, 0.1) is 6.92 Å². The third-order valence-corrected chi connectivity index (χ3v) is 5.88. The summed E-state index contributed by atoms with van der Waals surface area (Å²) in [5.41, 5.74) is 3.25. The van der Waals surface area contributed by atoms with Crippen LogP contribution in [0.3, 0.4) is 0 Å². The summed E-state index contributed by atoms with van der Waals surface area (Å²) in [4.78, 5) is 20.7. The number of hydrogen-bond donors (Lipinski definition) is 1. The molecule has 1 atom stereocenters. The van der Waals surface area contributed by atoms with Gasteiger partial charge in [0.05, 0.1) is 24.0 Å². The SMILES string of the molecule is COCCc1ncc(CN2CCCC2c2cccc(Nc3nc(C)cs3)n2)cn1. The second-order valence-electron chi connectivity index (χ2n) is 7.25. The first kappa shape index (κ1) is 19.9. The molecular formula is C21H26N6OS. The number of nitrogens with one attached hydrogen (secondary N) is 1. The molecule has 3 aromatic heterocycles. The molecule has 0 saturated carbocycles. The molecule has 4 rings (SSSR count). The molecule has 3 aromatic rings. The summed E-state index contributed by atoms with van der Waals surface area (Å²) in [6.45, 7) is 4.53. The van der Waals surface area contributed by atoms with Gasteiger partial charge in [-0.25, -0.2) is 19.9 Å². The van der Waals surface area contributed by atoms with Crippen molar-refractivity contribution in [2.24, 2.45) is 0 Å². The van der Waals surface area contributed by atoms with Crippen LogP contribution >= 0.6 is 11.3 Å². The van der Waals surface area contributed by atoms with E-state index in [1.54, 1.807) is 18.4 Å². The number of hydrogen-bond acceptors (Lipinski definition) is 8. The number of ether oxygens (including phenoxy) is 1. The number of thiazole rings is 1. The Hall–Kier alpha value is -2.42. The molecule has 1 fully saturated rings. The summed E-state index contributed by atoms with van der Waals surface area (Å²) >= 11 is 1.60. The van der Waals surface area contributed by atoms with Crippen molar-refractivity contribution in [3.05, 3.63) is 58.7 Å². The molecule has 1 aliphatic heterocycles. The minimum Gasteiger partial charge on any atom is -0.384 e. The topological polar surface area (TPSA) is 76.1 Å². The van der Waals surface area contributed by atoms with E-state index >= 15 is 0 Å². The Balaban J connectivity index is 1.43. The molecule has 8 heteroatoms. The monoisotopic (exact) mass is 410 g/mol. The summed E-state index contributed by atoms with van der Waals surface area (Å²) in [7, 11) is 1.69. The van der Waals surface area contributed by atoms with Gasteiger partial charge in [0.2, 0.25) is 0 Å². The van der Waals surface area contributed by atoms with Gasteiger partial charge < -0.3 is 10.1 Å². The van der Waals surface area contributed by atoms with Crippen LogP contribution in [0.2, 0.25) is 0 Å². The van der Waals surface area contributed by atoms with Crippen molar-refractivity contribution in [3.8, 4) is 0 Å². The van der Waals surface area contributed by atoms with Gasteiger partial charge in [-0.1, -0.05) is 6.07 Å². The Morgan fingerprint density at radius 1 is 1.24 bits per heavy atom. The van der Waals surface area contributed by atoms with Crippen LogP contribution in [0.15, 0.2) is 36.0 Å². The summed E-state index contributed by atoms with van der Waals surface area (Å²) in [6, 6.07) is 6.48. The highest BCUT2D eigenvalue weighted by Crippen LogP contribution is 2.33. The molecule has 4 heterocycles. The molecule has 0 bridgehead atoms. The Bertz CT molecular complexity index is 929. The molecule has 152 valence electrons. The van der Waals surface area contributed by atoms with Gasteiger partial charge in [-0.2, -0.15) is 0 Å². The predicted molar refractivity (Wildman–Crippen MR) is 114 cm³/mol. The highest BCUT2D eigenvalue weighted by atomic mass is 32.1. The van der Waals surface area contributed by atoms with Gasteiger partial charge in [0.15, 0.2) is 5.13 Å². The number of aryl methyl sites for hydroxylation is 1. The molecule has 0 amide bonds. The number of rotatable bonds is 8. The highest BCUT2D eigenvalue weighted by molar-refractivity contribution is 7.13. The average Bonchev–Trinajstić information content (AvgIpc) is 3.36. The molecule has 29 heavy (non-hydrogen) atoms. The maximum Gasteiger partial charge on any atom is 0.188 e. The van der Waals surface area contributed by atoms with Crippen LogP contribution in [0.4, 0.5) is 10.9 Å². The maximum absolute atomic E-state index is 5.09. The molecule has 7 nitrogen and oxygen atoms in total. The van der Waals surface area contributed by atoms with E-state index in [2.05, 4.69) is 37.3 Å². The molecule has 0 aromatic carbocycles. The minimum absolute atomic E-state index is 0.308. The Morgan fingerprint density at radius 2 is 2.10 bits per heavy atom. The number of anilines is 2. The van der Waals surface area contributed by atoms with E-state index in [1.165, 1.54) is 6.42 Å². The van der Waals surface area contributed by atoms with E-state index in [9.17, 15) is 0 Å². The zero-order valence-corrected chi connectivity index (χ0v) is 17.7. The molecule has 1 aliphatic rings. The lowest BCUT2D eigenvalue weighted by Gasteiger charge is -2.24. The first-order valence-electron chi connectivity index (χ1n) is 9.90. The number of nitrogens with zero attached hydrogens (tertiary/aromatic N) is 5. The number of pyridine rings is 1. The van der Waals surface area contributed by atoms with E-state index in [1.807, 2.05) is 30.8 Å². The molecule has 0 spiro atoms. The first-order chi connectivity index (χ1) is 14.2. The molecule has 1 unspecified atom stereocenters. The molecule has 1 N–H and O–H groups in total. The van der Waals surface area contributed by atoms with E-state index in [0.29, 0.717) is 12.6 Å². The fraction of sp³-hybridized carbons (Fsp3) is 0.429. The average molecular weight is 411 g/mol. The number of aromatic nitrogens is 4.